The highest BCUT2D eigenvalue weighted by Crippen LogP contribution is 2.28. The summed E-state index contributed by atoms with van der Waals surface area (Å²) in [6, 6.07) is 7.94. The van der Waals surface area contributed by atoms with Crippen molar-refractivity contribution < 1.29 is 4.79 Å². The van der Waals surface area contributed by atoms with E-state index < -0.39 is 0 Å². The Hall–Kier alpha value is -2.21. The van der Waals surface area contributed by atoms with Gasteiger partial charge in [0, 0.05) is 4.88 Å². The summed E-state index contributed by atoms with van der Waals surface area (Å²) in [4.78, 5) is 23.4. The minimum Gasteiger partial charge on any atom is -0.319 e. The molecule has 2 heterocycles. The molecule has 0 atom stereocenters. The van der Waals surface area contributed by atoms with Crippen LogP contribution >= 0.6 is 11.3 Å². The van der Waals surface area contributed by atoms with E-state index in [0.717, 1.165) is 34.8 Å². The van der Waals surface area contributed by atoms with Crippen molar-refractivity contribution in [2.24, 2.45) is 0 Å². The van der Waals surface area contributed by atoms with E-state index in [4.69, 9.17) is 4.98 Å². The van der Waals surface area contributed by atoms with Crippen molar-refractivity contribution in [1.29, 1.82) is 0 Å². The van der Waals surface area contributed by atoms with E-state index in [2.05, 4.69) is 10.3 Å². The number of aromatic nitrogens is 3. The SMILES string of the molecule is Cc1nc2ccccc2n1CC(=O)Nc1nc2c(s1)CCCCCCCCCC2. The lowest BCUT2D eigenvalue weighted by atomic mass is 10.0. The zero-order valence-electron chi connectivity index (χ0n) is 17.2. The smallest absolute Gasteiger partial charge is 0.246 e. The predicted octanol–water partition coefficient (Wildman–Crippen LogP) is 5.66. The van der Waals surface area contributed by atoms with Crippen LogP contribution < -0.4 is 5.32 Å². The molecule has 0 unspecified atom stereocenters. The number of thiazole rings is 1. The summed E-state index contributed by atoms with van der Waals surface area (Å²) in [6.45, 7) is 2.20. The van der Waals surface area contributed by atoms with Crippen LogP contribution in [0.1, 0.15) is 67.8 Å². The van der Waals surface area contributed by atoms with Gasteiger partial charge < -0.3 is 9.88 Å². The Morgan fingerprint density at radius 1 is 1.00 bits per heavy atom. The number of imidazole rings is 1. The average Bonchev–Trinajstić information content (AvgIpc) is 3.22. The second kappa shape index (κ2) is 9.53. The van der Waals surface area contributed by atoms with E-state index in [1.54, 1.807) is 11.3 Å². The number of nitrogens with zero attached hydrogens (tertiary/aromatic N) is 3. The fraction of sp³-hybridized carbons (Fsp3) is 0.522. The molecule has 0 saturated heterocycles. The molecule has 1 N–H and O–H groups in total. The zero-order chi connectivity index (χ0) is 20.1. The van der Waals surface area contributed by atoms with Crippen LogP contribution in [0.15, 0.2) is 24.3 Å². The molecule has 4 rings (SSSR count). The van der Waals surface area contributed by atoms with Crippen LogP contribution in [-0.4, -0.2) is 20.4 Å². The number of hydrogen-bond acceptors (Lipinski definition) is 4. The van der Waals surface area contributed by atoms with Crippen molar-refractivity contribution in [3.63, 3.8) is 0 Å². The number of aryl methyl sites for hydroxylation is 3. The van der Waals surface area contributed by atoms with E-state index >= 15 is 0 Å². The van der Waals surface area contributed by atoms with Gasteiger partial charge in [-0.25, -0.2) is 9.97 Å². The number of benzene rings is 1. The van der Waals surface area contributed by atoms with Crippen molar-refractivity contribution >= 4 is 33.4 Å². The number of hydrogen-bond donors (Lipinski definition) is 1. The highest BCUT2D eigenvalue weighted by atomic mass is 32.1. The van der Waals surface area contributed by atoms with Crippen molar-refractivity contribution in [3.05, 3.63) is 40.7 Å². The molecule has 2 aromatic heterocycles. The number of fused-ring (bicyclic) bond motifs is 2. The fourth-order valence-electron chi connectivity index (χ4n) is 4.16. The van der Waals surface area contributed by atoms with Gasteiger partial charge in [-0.2, -0.15) is 0 Å². The Bertz CT molecular complexity index is 945. The van der Waals surface area contributed by atoms with Crippen molar-refractivity contribution in [1.82, 2.24) is 14.5 Å². The summed E-state index contributed by atoms with van der Waals surface area (Å²) < 4.78 is 1.97. The summed E-state index contributed by atoms with van der Waals surface area (Å²) in [6.07, 6.45) is 12.6. The van der Waals surface area contributed by atoms with E-state index in [9.17, 15) is 4.79 Å². The molecule has 0 saturated carbocycles. The highest BCUT2D eigenvalue weighted by molar-refractivity contribution is 7.15. The molecule has 0 spiro atoms. The van der Waals surface area contributed by atoms with Crippen LogP contribution in [0.2, 0.25) is 0 Å². The second-order valence-corrected chi connectivity index (χ2v) is 9.08. The molecule has 29 heavy (non-hydrogen) atoms. The minimum absolute atomic E-state index is 0.0407. The zero-order valence-corrected chi connectivity index (χ0v) is 18.1. The number of anilines is 1. The highest BCUT2D eigenvalue weighted by Gasteiger charge is 2.15. The van der Waals surface area contributed by atoms with Gasteiger partial charge in [0.2, 0.25) is 5.91 Å². The molecular weight excluding hydrogens is 380 g/mol. The van der Waals surface area contributed by atoms with E-state index in [0.29, 0.717) is 0 Å². The molecule has 3 aromatic rings. The Balaban J connectivity index is 1.45. The maximum atomic E-state index is 12.7. The lowest BCUT2D eigenvalue weighted by Gasteiger charge is -2.06. The van der Waals surface area contributed by atoms with Gasteiger partial charge in [0.1, 0.15) is 12.4 Å². The Kier molecular flexibility index (Phi) is 6.60. The third-order valence-corrected chi connectivity index (χ3v) is 6.81. The Labute approximate surface area is 176 Å². The maximum absolute atomic E-state index is 12.7. The van der Waals surface area contributed by atoms with Crippen molar-refractivity contribution in [2.45, 2.75) is 77.7 Å². The third-order valence-electron chi connectivity index (χ3n) is 5.74. The normalized spacial score (nSPS) is 16.0. The van der Waals surface area contributed by atoms with Crippen LogP contribution in [0, 0.1) is 6.92 Å². The largest absolute Gasteiger partial charge is 0.319 e. The van der Waals surface area contributed by atoms with Gasteiger partial charge in [0.15, 0.2) is 5.13 Å². The number of para-hydroxylation sites is 2. The molecule has 154 valence electrons. The monoisotopic (exact) mass is 410 g/mol. The molecule has 5 nitrogen and oxygen atoms in total. The lowest BCUT2D eigenvalue weighted by molar-refractivity contribution is -0.116. The second-order valence-electron chi connectivity index (χ2n) is 8.00. The molecule has 0 bridgehead atoms. The Morgan fingerprint density at radius 3 is 2.48 bits per heavy atom. The molecule has 1 aliphatic carbocycles. The summed E-state index contributed by atoms with van der Waals surface area (Å²) in [5, 5.41) is 3.79. The number of rotatable bonds is 3. The van der Waals surface area contributed by atoms with Gasteiger partial charge in [-0.3, -0.25) is 4.79 Å². The maximum Gasteiger partial charge on any atom is 0.246 e. The molecule has 1 amide bonds. The van der Waals surface area contributed by atoms with Gasteiger partial charge in [-0.15, -0.1) is 11.3 Å². The molecule has 0 fully saturated rings. The van der Waals surface area contributed by atoms with Crippen molar-refractivity contribution in [3.8, 4) is 0 Å². The third kappa shape index (κ3) is 5.04. The van der Waals surface area contributed by atoms with Gasteiger partial charge in [-0.1, -0.05) is 50.7 Å². The fourth-order valence-corrected chi connectivity index (χ4v) is 5.23. The van der Waals surface area contributed by atoms with Crippen molar-refractivity contribution in [2.75, 3.05) is 5.32 Å². The summed E-state index contributed by atoms with van der Waals surface area (Å²) >= 11 is 1.67. The molecular formula is C23H30N4OS. The predicted molar refractivity (Wildman–Crippen MR) is 120 cm³/mol. The number of nitrogens with one attached hydrogen (secondary N) is 1. The van der Waals surface area contributed by atoms with E-state index in [1.165, 1.54) is 61.9 Å². The Morgan fingerprint density at radius 2 is 1.69 bits per heavy atom. The summed E-state index contributed by atoms with van der Waals surface area (Å²) in [5.74, 6) is 0.813. The molecule has 1 aliphatic rings. The topological polar surface area (TPSA) is 59.8 Å². The first-order valence-corrected chi connectivity index (χ1v) is 11.7. The van der Waals surface area contributed by atoms with Crippen LogP contribution in [0.3, 0.4) is 0 Å². The number of amides is 1. The van der Waals surface area contributed by atoms with Crippen LogP contribution in [0.5, 0.6) is 0 Å². The quantitative estimate of drug-likeness (QED) is 0.606. The van der Waals surface area contributed by atoms with Crippen LogP contribution in [0.4, 0.5) is 5.13 Å². The van der Waals surface area contributed by atoms with Gasteiger partial charge >= 0.3 is 0 Å². The first-order valence-electron chi connectivity index (χ1n) is 10.9. The average molecular weight is 411 g/mol. The standard InChI is InChI=1S/C23H30N4OS/c1-17-24-18-12-10-11-14-20(18)27(17)16-22(28)26-23-25-19-13-8-6-4-2-3-5-7-9-15-21(19)29-23/h10-12,14H,2-9,13,15-16H2,1H3,(H,25,26,28). The first kappa shape index (κ1) is 20.1. The van der Waals surface area contributed by atoms with Gasteiger partial charge in [-0.05, 0) is 44.7 Å². The first-order chi connectivity index (χ1) is 14.2. The molecule has 0 radical (unpaired) electrons. The van der Waals surface area contributed by atoms with Gasteiger partial charge in [0.05, 0.1) is 16.7 Å². The number of carbonyl (C=O) groups excluding carboxylic acids is 1. The summed E-state index contributed by atoms with van der Waals surface area (Å²) in [5.41, 5.74) is 3.12. The molecule has 6 heteroatoms. The van der Waals surface area contributed by atoms with Crippen LogP contribution in [0.25, 0.3) is 11.0 Å². The van der Waals surface area contributed by atoms with E-state index in [1.807, 2.05) is 35.8 Å². The van der Waals surface area contributed by atoms with Gasteiger partial charge in [0.25, 0.3) is 0 Å². The van der Waals surface area contributed by atoms with E-state index in [-0.39, 0.29) is 12.5 Å². The molecule has 0 aliphatic heterocycles. The lowest BCUT2D eigenvalue weighted by Crippen LogP contribution is -2.19. The molecule has 1 aromatic carbocycles. The van der Waals surface area contributed by atoms with Crippen LogP contribution in [-0.2, 0) is 24.2 Å². The summed E-state index contributed by atoms with van der Waals surface area (Å²) in [7, 11) is 0. The number of carbonyl (C=O) groups is 1. The minimum atomic E-state index is -0.0407.